The number of anilines is 1. The Hall–Kier alpha value is -3.39. The van der Waals surface area contributed by atoms with Crippen molar-refractivity contribution in [2.45, 2.75) is 18.4 Å². The van der Waals surface area contributed by atoms with Crippen molar-refractivity contribution in [1.29, 1.82) is 0 Å². The lowest BCUT2D eigenvalue weighted by molar-refractivity contribution is 0.0951. The molecule has 31 heavy (non-hydrogen) atoms. The molecule has 0 atom stereocenters. The van der Waals surface area contributed by atoms with E-state index in [4.69, 9.17) is 4.74 Å². The van der Waals surface area contributed by atoms with Crippen molar-refractivity contribution in [3.63, 3.8) is 0 Å². The number of hydrogen-bond acceptors (Lipinski definition) is 4. The number of rotatable bonds is 7. The summed E-state index contributed by atoms with van der Waals surface area (Å²) in [5.74, 6) is -0.155. The molecule has 3 aromatic carbocycles. The molecule has 0 aliphatic heterocycles. The van der Waals surface area contributed by atoms with Gasteiger partial charge in [0.05, 0.1) is 17.7 Å². The first-order chi connectivity index (χ1) is 14.7. The van der Waals surface area contributed by atoms with Crippen LogP contribution in [0.3, 0.4) is 0 Å². The van der Waals surface area contributed by atoms with Gasteiger partial charge in [0.1, 0.15) is 11.6 Å². The van der Waals surface area contributed by atoms with Gasteiger partial charge in [-0.3, -0.25) is 9.10 Å². The minimum absolute atomic E-state index is 0.112. The molecule has 1 N–H and O–H groups in total. The molecule has 0 fully saturated rings. The van der Waals surface area contributed by atoms with E-state index in [0.29, 0.717) is 22.6 Å². The number of halogens is 1. The summed E-state index contributed by atoms with van der Waals surface area (Å²) in [5.41, 5.74) is 2.17. The Labute approximate surface area is 181 Å². The summed E-state index contributed by atoms with van der Waals surface area (Å²) in [6.45, 7) is 2.00. The molecule has 0 aliphatic carbocycles. The van der Waals surface area contributed by atoms with Gasteiger partial charge in [0, 0.05) is 19.2 Å². The summed E-state index contributed by atoms with van der Waals surface area (Å²) < 4.78 is 45.4. The Kier molecular flexibility index (Phi) is 6.60. The quantitative estimate of drug-likeness (QED) is 0.602. The first kappa shape index (κ1) is 22.3. The SMILES string of the molecule is COc1ccc(S(=O)(=O)N(C)c2cc(C(=O)NCc3ccc(F)cc3)ccc2C)cc1. The minimum Gasteiger partial charge on any atom is -0.497 e. The van der Waals surface area contributed by atoms with Crippen molar-refractivity contribution in [3.05, 3.63) is 89.2 Å². The minimum atomic E-state index is -3.83. The summed E-state index contributed by atoms with van der Waals surface area (Å²) in [7, 11) is -0.879. The van der Waals surface area contributed by atoms with Crippen LogP contribution >= 0.6 is 0 Å². The maximum absolute atomic E-state index is 13.1. The predicted octanol–water partition coefficient (Wildman–Crippen LogP) is 3.90. The van der Waals surface area contributed by atoms with E-state index in [9.17, 15) is 17.6 Å². The van der Waals surface area contributed by atoms with E-state index >= 15 is 0 Å². The van der Waals surface area contributed by atoms with Crippen molar-refractivity contribution in [2.24, 2.45) is 0 Å². The van der Waals surface area contributed by atoms with Crippen LogP contribution in [0.15, 0.2) is 71.6 Å². The smallest absolute Gasteiger partial charge is 0.264 e. The monoisotopic (exact) mass is 442 g/mol. The molecule has 0 aliphatic rings. The van der Waals surface area contributed by atoms with Crippen molar-refractivity contribution in [3.8, 4) is 5.75 Å². The van der Waals surface area contributed by atoms with Crippen LogP contribution in [0.2, 0.25) is 0 Å². The van der Waals surface area contributed by atoms with Crippen molar-refractivity contribution in [1.82, 2.24) is 5.32 Å². The van der Waals surface area contributed by atoms with Gasteiger partial charge < -0.3 is 10.1 Å². The van der Waals surface area contributed by atoms with E-state index in [1.165, 1.54) is 44.5 Å². The van der Waals surface area contributed by atoms with Gasteiger partial charge in [-0.15, -0.1) is 0 Å². The van der Waals surface area contributed by atoms with Gasteiger partial charge in [-0.25, -0.2) is 12.8 Å². The van der Waals surface area contributed by atoms with Crippen LogP contribution in [0.4, 0.5) is 10.1 Å². The summed E-state index contributed by atoms with van der Waals surface area (Å²) in [6, 6.07) is 16.8. The molecule has 0 unspecified atom stereocenters. The van der Waals surface area contributed by atoms with Crippen LogP contribution in [0.5, 0.6) is 5.75 Å². The van der Waals surface area contributed by atoms with Crippen LogP contribution in [-0.4, -0.2) is 28.5 Å². The van der Waals surface area contributed by atoms with Gasteiger partial charge in [0.2, 0.25) is 0 Å². The van der Waals surface area contributed by atoms with Crippen LogP contribution in [-0.2, 0) is 16.6 Å². The number of ether oxygens (including phenoxy) is 1. The highest BCUT2D eigenvalue weighted by molar-refractivity contribution is 7.92. The summed E-state index contributed by atoms with van der Waals surface area (Å²) in [6.07, 6.45) is 0. The first-order valence-electron chi connectivity index (χ1n) is 9.48. The molecule has 0 saturated heterocycles. The number of sulfonamides is 1. The molecule has 3 aromatic rings. The molecule has 0 heterocycles. The Bertz CT molecular complexity index is 1180. The number of benzene rings is 3. The lowest BCUT2D eigenvalue weighted by atomic mass is 10.1. The van der Waals surface area contributed by atoms with E-state index in [2.05, 4.69) is 5.32 Å². The van der Waals surface area contributed by atoms with E-state index in [1.807, 2.05) is 0 Å². The molecule has 0 aromatic heterocycles. The highest BCUT2D eigenvalue weighted by atomic mass is 32.2. The Morgan fingerprint density at radius 1 is 1.03 bits per heavy atom. The second kappa shape index (κ2) is 9.18. The molecular formula is C23H23FN2O4S. The third-order valence-electron chi connectivity index (χ3n) is 4.89. The topological polar surface area (TPSA) is 75.7 Å². The van der Waals surface area contributed by atoms with Crippen molar-refractivity contribution >= 4 is 21.6 Å². The lowest BCUT2D eigenvalue weighted by Crippen LogP contribution is -2.28. The third kappa shape index (κ3) is 5.03. The molecule has 0 bridgehead atoms. The molecule has 0 saturated carbocycles. The average molecular weight is 443 g/mol. The zero-order chi connectivity index (χ0) is 22.6. The fourth-order valence-corrected chi connectivity index (χ4v) is 4.26. The summed E-state index contributed by atoms with van der Waals surface area (Å²) in [4.78, 5) is 12.7. The van der Waals surface area contributed by atoms with E-state index in [1.54, 1.807) is 43.3 Å². The highest BCUT2D eigenvalue weighted by Gasteiger charge is 2.23. The Balaban J connectivity index is 1.81. The summed E-state index contributed by atoms with van der Waals surface area (Å²) >= 11 is 0. The number of aryl methyl sites for hydroxylation is 1. The number of methoxy groups -OCH3 is 1. The number of carbonyl (C=O) groups is 1. The zero-order valence-electron chi connectivity index (χ0n) is 17.4. The maximum Gasteiger partial charge on any atom is 0.264 e. The average Bonchev–Trinajstić information content (AvgIpc) is 2.78. The van der Waals surface area contributed by atoms with E-state index in [0.717, 1.165) is 9.87 Å². The first-order valence-corrected chi connectivity index (χ1v) is 10.9. The van der Waals surface area contributed by atoms with Gasteiger partial charge in [0.15, 0.2) is 0 Å². The van der Waals surface area contributed by atoms with Gasteiger partial charge in [-0.05, 0) is 66.6 Å². The molecule has 162 valence electrons. The largest absolute Gasteiger partial charge is 0.497 e. The fraction of sp³-hybridized carbons (Fsp3) is 0.174. The van der Waals surface area contributed by atoms with Crippen LogP contribution in [0.1, 0.15) is 21.5 Å². The maximum atomic E-state index is 13.1. The number of nitrogens with one attached hydrogen (secondary N) is 1. The molecule has 1 amide bonds. The van der Waals surface area contributed by atoms with Gasteiger partial charge >= 0.3 is 0 Å². The molecular weight excluding hydrogens is 419 g/mol. The lowest BCUT2D eigenvalue weighted by Gasteiger charge is -2.22. The highest BCUT2D eigenvalue weighted by Crippen LogP contribution is 2.27. The standard InChI is InChI=1S/C23H23FN2O4S/c1-16-4-7-18(23(27)25-15-17-5-8-19(24)9-6-17)14-22(16)26(2)31(28,29)21-12-10-20(30-3)11-13-21/h4-14H,15H2,1-3H3,(H,25,27). The number of nitrogens with zero attached hydrogens (tertiary/aromatic N) is 1. The predicted molar refractivity (Wildman–Crippen MR) is 117 cm³/mol. The van der Waals surface area contributed by atoms with Crippen LogP contribution in [0.25, 0.3) is 0 Å². The van der Waals surface area contributed by atoms with Gasteiger partial charge in [-0.2, -0.15) is 0 Å². The molecule has 8 heteroatoms. The molecule has 0 spiro atoms. The zero-order valence-corrected chi connectivity index (χ0v) is 18.2. The normalized spacial score (nSPS) is 11.1. The molecule has 6 nitrogen and oxygen atoms in total. The van der Waals surface area contributed by atoms with Gasteiger partial charge in [0.25, 0.3) is 15.9 Å². The van der Waals surface area contributed by atoms with Crippen LogP contribution < -0.4 is 14.4 Å². The van der Waals surface area contributed by atoms with Crippen molar-refractivity contribution < 1.29 is 22.3 Å². The molecule has 0 radical (unpaired) electrons. The molecule has 3 rings (SSSR count). The number of hydrogen-bond donors (Lipinski definition) is 1. The summed E-state index contributed by atoms with van der Waals surface area (Å²) in [5, 5.41) is 2.76. The van der Waals surface area contributed by atoms with Crippen molar-refractivity contribution in [2.75, 3.05) is 18.5 Å². The Morgan fingerprint density at radius 3 is 2.29 bits per heavy atom. The fourth-order valence-electron chi connectivity index (χ4n) is 3.01. The van der Waals surface area contributed by atoms with E-state index in [-0.39, 0.29) is 23.2 Å². The number of carbonyl (C=O) groups excluding carboxylic acids is 1. The Morgan fingerprint density at radius 2 is 1.68 bits per heavy atom. The second-order valence-electron chi connectivity index (χ2n) is 6.96. The van der Waals surface area contributed by atoms with Gasteiger partial charge in [-0.1, -0.05) is 18.2 Å². The third-order valence-corrected chi connectivity index (χ3v) is 6.68. The number of amides is 1. The van der Waals surface area contributed by atoms with Crippen LogP contribution in [0, 0.1) is 12.7 Å². The second-order valence-corrected chi connectivity index (χ2v) is 8.93. The van der Waals surface area contributed by atoms with E-state index < -0.39 is 10.0 Å².